The zero-order valence-electron chi connectivity index (χ0n) is 12.7. The first kappa shape index (κ1) is 15.3. The molecule has 3 rings (SSSR count). The number of amides is 1. The number of hydrogen-bond acceptors (Lipinski definition) is 6. The first-order chi connectivity index (χ1) is 10.6. The topological polar surface area (TPSA) is 58.1 Å². The van der Waals surface area contributed by atoms with Crippen molar-refractivity contribution in [3.8, 4) is 0 Å². The second-order valence-electron chi connectivity index (χ2n) is 5.27. The lowest BCUT2D eigenvalue weighted by Gasteiger charge is -2.25. The molecule has 2 atom stereocenters. The standard InChI is InChI=1S/C15H18N4OS2/c1-9-8-11-6-4-5-7-12(11)19(9)13(20)10(2)21-15-18-17-14(16-3)22-15/h4-7,9-10H,8H2,1-3H3,(H,16,17)/t9-,10+/m0/s1. The molecule has 0 saturated carbocycles. The second kappa shape index (κ2) is 6.26. The average Bonchev–Trinajstić information content (AvgIpc) is 3.09. The number of hydrogen-bond donors (Lipinski definition) is 1. The minimum absolute atomic E-state index is 0.128. The number of fused-ring (bicyclic) bond motifs is 1. The molecule has 1 amide bonds. The summed E-state index contributed by atoms with van der Waals surface area (Å²) in [7, 11) is 1.81. The number of anilines is 2. The molecule has 2 heterocycles. The quantitative estimate of drug-likeness (QED) is 0.871. The van der Waals surface area contributed by atoms with Gasteiger partial charge in [0.05, 0.1) is 5.25 Å². The van der Waals surface area contributed by atoms with Gasteiger partial charge in [-0.1, -0.05) is 41.3 Å². The molecule has 116 valence electrons. The van der Waals surface area contributed by atoms with Gasteiger partial charge in [-0.15, -0.1) is 10.2 Å². The van der Waals surface area contributed by atoms with Crippen LogP contribution in [0.3, 0.4) is 0 Å². The smallest absolute Gasteiger partial charge is 0.240 e. The van der Waals surface area contributed by atoms with E-state index in [0.717, 1.165) is 21.6 Å². The molecule has 0 unspecified atom stereocenters. The molecule has 0 radical (unpaired) electrons. The highest BCUT2D eigenvalue weighted by atomic mass is 32.2. The molecular formula is C15H18N4OS2. The van der Waals surface area contributed by atoms with E-state index in [1.165, 1.54) is 28.7 Å². The summed E-state index contributed by atoms with van der Waals surface area (Å²) < 4.78 is 0.810. The number of thioether (sulfide) groups is 1. The third-order valence-corrected chi connectivity index (χ3v) is 5.80. The molecule has 1 aromatic heterocycles. The molecule has 0 spiro atoms. The largest absolute Gasteiger partial charge is 0.363 e. The van der Waals surface area contributed by atoms with Gasteiger partial charge in [-0.05, 0) is 31.9 Å². The average molecular weight is 334 g/mol. The first-order valence-corrected chi connectivity index (χ1v) is 8.88. The molecule has 7 heteroatoms. The van der Waals surface area contributed by atoms with Crippen LogP contribution in [0.25, 0.3) is 0 Å². The molecule has 2 aromatic rings. The van der Waals surface area contributed by atoms with Gasteiger partial charge in [0.25, 0.3) is 0 Å². The fraction of sp³-hybridized carbons (Fsp3) is 0.400. The van der Waals surface area contributed by atoms with E-state index in [-0.39, 0.29) is 17.2 Å². The Kier molecular flexibility index (Phi) is 4.35. The van der Waals surface area contributed by atoms with Crippen molar-refractivity contribution in [1.82, 2.24) is 10.2 Å². The summed E-state index contributed by atoms with van der Waals surface area (Å²) in [5, 5.41) is 11.6. The number of para-hydroxylation sites is 1. The van der Waals surface area contributed by atoms with Crippen LogP contribution in [0.1, 0.15) is 19.4 Å². The monoisotopic (exact) mass is 334 g/mol. The number of nitrogens with zero attached hydrogens (tertiary/aromatic N) is 3. The highest BCUT2D eigenvalue weighted by Gasteiger charge is 2.33. The van der Waals surface area contributed by atoms with Crippen molar-refractivity contribution in [2.24, 2.45) is 0 Å². The van der Waals surface area contributed by atoms with E-state index < -0.39 is 0 Å². The van der Waals surface area contributed by atoms with Crippen LogP contribution in [0.5, 0.6) is 0 Å². The number of benzene rings is 1. The van der Waals surface area contributed by atoms with Gasteiger partial charge in [-0.3, -0.25) is 4.79 Å². The Morgan fingerprint density at radius 3 is 2.95 bits per heavy atom. The Labute approximate surface area is 138 Å². The molecular weight excluding hydrogens is 316 g/mol. The summed E-state index contributed by atoms with van der Waals surface area (Å²) in [6.45, 7) is 4.03. The molecule has 5 nitrogen and oxygen atoms in total. The molecule has 1 aliphatic heterocycles. The third-order valence-electron chi connectivity index (χ3n) is 3.69. The van der Waals surface area contributed by atoms with E-state index in [1.807, 2.05) is 37.1 Å². The lowest BCUT2D eigenvalue weighted by molar-refractivity contribution is -0.118. The molecule has 0 aliphatic carbocycles. The van der Waals surface area contributed by atoms with Crippen LogP contribution < -0.4 is 10.2 Å². The van der Waals surface area contributed by atoms with Crippen LogP contribution in [0.2, 0.25) is 0 Å². The number of aromatic nitrogens is 2. The van der Waals surface area contributed by atoms with Crippen LogP contribution in [-0.4, -0.2) is 34.4 Å². The molecule has 0 saturated heterocycles. The zero-order chi connectivity index (χ0) is 15.7. The predicted molar refractivity (Wildman–Crippen MR) is 91.9 cm³/mol. The van der Waals surface area contributed by atoms with Gasteiger partial charge in [0, 0.05) is 18.8 Å². The van der Waals surface area contributed by atoms with E-state index in [0.29, 0.717) is 0 Å². The second-order valence-corrected chi connectivity index (χ2v) is 7.84. The maximum Gasteiger partial charge on any atom is 0.240 e. The van der Waals surface area contributed by atoms with E-state index in [9.17, 15) is 4.79 Å². The van der Waals surface area contributed by atoms with E-state index in [2.05, 4.69) is 28.5 Å². The summed E-state index contributed by atoms with van der Waals surface area (Å²) in [4.78, 5) is 14.8. The summed E-state index contributed by atoms with van der Waals surface area (Å²) in [6.07, 6.45) is 0.919. The van der Waals surface area contributed by atoms with Crippen molar-refractivity contribution < 1.29 is 4.79 Å². The predicted octanol–water partition coefficient (Wildman–Crippen LogP) is 3.04. The van der Waals surface area contributed by atoms with Crippen molar-refractivity contribution in [2.45, 2.75) is 35.9 Å². The van der Waals surface area contributed by atoms with Gasteiger partial charge < -0.3 is 10.2 Å². The van der Waals surface area contributed by atoms with Gasteiger partial charge in [-0.25, -0.2) is 0 Å². The van der Waals surface area contributed by atoms with Gasteiger partial charge in [-0.2, -0.15) is 0 Å². The summed E-state index contributed by atoms with van der Waals surface area (Å²) in [5.41, 5.74) is 2.29. The molecule has 1 N–H and O–H groups in total. The minimum Gasteiger partial charge on any atom is -0.363 e. The van der Waals surface area contributed by atoms with Crippen LogP contribution in [0.15, 0.2) is 28.6 Å². The molecule has 0 fully saturated rings. The fourth-order valence-corrected chi connectivity index (χ4v) is 4.56. The van der Waals surface area contributed by atoms with Crippen molar-refractivity contribution >= 4 is 39.8 Å². The highest BCUT2D eigenvalue weighted by molar-refractivity contribution is 8.02. The third kappa shape index (κ3) is 2.83. The Morgan fingerprint density at radius 2 is 2.23 bits per heavy atom. The van der Waals surface area contributed by atoms with Crippen molar-refractivity contribution in [3.05, 3.63) is 29.8 Å². The summed E-state index contributed by atoms with van der Waals surface area (Å²) in [6, 6.07) is 8.34. The summed E-state index contributed by atoms with van der Waals surface area (Å²) >= 11 is 2.93. The number of nitrogens with one attached hydrogen (secondary N) is 1. The van der Waals surface area contributed by atoms with Crippen molar-refractivity contribution in [2.75, 3.05) is 17.3 Å². The number of carbonyl (C=O) groups is 1. The van der Waals surface area contributed by atoms with E-state index in [4.69, 9.17) is 0 Å². The minimum atomic E-state index is -0.189. The van der Waals surface area contributed by atoms with Gasteiger partial charge >= 0.3 is 0 Å². The van der Waals surface area contributed by atoms with Gasteiger partial charge in [0.2, 0.25) is 11.0 Å². The molecule has 0 bridgehead atoms. The van der Waals surface area contributed by atoms with Crippen LogP contribution in [0, 0.1) is 0 Å². The van der Waals surface area contributed by atoms with E-state index >= 15 is 0 Å². The zero-order valence-corrected chi connectivity index (χ0v) is 14.4. The van der Waals surface area contributed by atoms with Crippen molar-refractivity contribution in [3.63, 3.8) is 0 Å². The Balaban J connectivity index is 1.75. The fourth-order valence-electron chi connectivity index (χ4n) is 2.66. The first-order valence-electron chi connectivity index (χ1n) is 7.19. The van der Waals surface area contributed by atoms with Gasteiger partial charge in [0.1, 0.15) is 0 Å². The van der Waals surface area contributed by atoms with Gasteiger partial charge in [0.15, 0.2) is 4.34 Å². The van der Waals surface area contributed by atoms with Crippen LogP contribution >= 0.6 is 23.1 Å². The lowest BCUT2D eigenvalue weighted by Crippen LogP contribution is -2.40. The van der Waals surface area contributed by atoms with Crippen LogP contribution in [-0.2, 0) is 11.2 Å². The molecule has 22 heavy (non-hydrogen) atoms. The number of rotatable bonds is 4. The van der Waals surface area contributed by atoms with Crippen LogP contribution in [0.4, 0.5) is 10.8 Å². The SMILES string of the molecule is CNc1nnc(S[C@H](C)C(=O)N2c3ccccc3C[C@@H]2C)s1. The summed E-state index contributed by atoms with van der Waals surface area (Å²) in [5.74, 6) is 0.128. The highest BCUT2D eigenvalue weighted by Crippen LogP contribution is 2.35. The normalized spacial score (nSPS) is 18.1. The Morgan fingerprint density at radius 1 is 1.45 bits per heavy atom. The molecule has 1 aliphatic rings. The molecule has 1 aromatic carbocycles. The van der Waals surface area contributed by atoms with Crippen molar-refractivity contribution in [1.29, 1.82) is 0 Å². The Bertz CT molecular complexity index is 688. The Hall–Kier alpha value is -1.60. The number of carbonyl (C=O) groups excluding carboxylic acids is 1. The maximum atomic E-state index is 12.8. The lowest BCUT2D eigenvalue weighted by atomic mass is 10.1. The maximum absolute atomic E-state index is 12.8. The van der Waals surface area contributed by atoms with E-state index in [1.54, 1.807) is 0 Å².